The summed E-state index contributed by atoms with van der Waals surface area (Å²) in [6.07, 6.45) is 5.44. The van der Waals surface area contributed by atoms with E-state index < -0.39 is 0 Å². The summed E-state index contributed by atoms with van der Waals surface area (Å²) < 4.78 is 14.8. The second-order valence-corrected chi connectivity index (χ2v) is 6.29. The van der Waals surface area contributed by atoms with Gasteiger partial charge in [-0.2, -0.15) is 10.1 Å². The summed E-state index contributed by atoms with van der Waals surface area (Å²) in [7, 11) is 0. The Hall–Kier alpha value is -2.96. The van der Waals surface area contributed by atoms with Crippen molar-refractivity contribution < 1.29 is 4.39 Å². The Balaban J connectivity index is 1.65. The van der Waals surface area contributed by atoms with Crippen molar-refractivity contribution in [3.63, 3.8) is 0 Å². The van der Waals surface area contributed by atoms with E-state index in [1.54, 1.807) is 6.20 Å². The second-order valence-electron chi connectivity index (χ2n) is 6.29. The summed E-state index contributed by atoms with van der Waals surface area (Å²) in [5.41, 5.74) is 8.62. The van der Waals surface area contributed by atoms with Gasteiger partial charge in [0, 0.05) is 30.4 Å². The van der Waals surface area contributed by atoms with Crippen molar-refractivity contribution in [1.29, 1.82) is 0 Å². The molecule has 26 heavy (non-hydrogen) atoms. The van der Waals surface area contributed by atoms with Crippen molar-refractivity contribution in [1.82, 2.24) is 19.7 Å². The molecular formula is C19H23FN6. The number of nitrogens with zero attached hydrogens (tertiary/aromatic N) is 4. The number of rotatable bonds is 7. The number of nitrogens with two attached hydrogens (primary N) is 1. The van der Waals surface area contributed by atoms with Gasteiger partial charge in [-0.1, -0.05) is 12.1 Å². The summed E-state index contributed by atoms with van der Waals surface area (Å²) in [6.45, 7) is 4.91. The maximum absolute atomic E-state index is 13.0. The second kappa shape index (κ2) is 7.95. The molecule has 0 saturated carbocycles. The Morgan fingerprint density at radius 2 is 2.00 bits per heavy atom. The number of anilines is 2. The molecular weight excluding hydrogens is 331 g/mol. The van der Waals surface area contributed by atoms with Crippen LogP contribution in [-0.2, 0) is 13.0 Å². The lowest BCUT2D eigenvalue weighted by Gasteiger charge is -2.15. The Morgan fingerprint density at radius 1 is 1.23 bits per heavy atom. The van der Waals surface area contributed by atoms with Gasteiger partial charge in [-0.15, -0.1) is 0 Å². The van der Waals surface area contributed by atoms with E-state index in [2.05, 4.69) is 27.3 Å². The van der Waals surface area contributed by atoms with E-state index in [0.29, 0.717) is 5.82 Å². The van der Waals surface area contributed by atoms with Crippen molar-refractivity contribution in [2.75, 3.05) is 11.1 Å². The summed E-state index contributed by atoms with van der Waals surface area (Å²) >= 11 is 0. The number of hydrogen-bond acceptors (Lipinski definition) is 5. The van der Waals surface area contributed by atoms with Crippen LogP contribution >= 0.6 is 0 Å². The van der Waals surface area contributed by atoms with Crippen LogP contribution < -0.4 is 11.1 Å². The zero-order valence-corrected chi connectivity index (χ0v) is 15.0. The van der Waals surface area contributed by atoms with Gasteiger partial charge in [0.25, 0.3) is 0 Å². The number of nitrogens with one attached hydrogen (secondary N) is 1. The smallest absolute Gasteiger partial charge is 0.222 e. The van der Waals surface area contributed by atoms with Crippen LogP contribution in [0, 0.1) is 5.82 Å². The van der Waals surface area contributed by atoms with Gasteiger partial charge in [0.2, 0.25) is 5.95 Å². The van der Waals surface area contributed by atoms with Gasteiger partial charge in [0.05, 0.1) is 11.9 Å². The van der Waals surface area contributed by atoms with Gasteiger partial charge in [0.1, 0.15) is 11.6 Å². The van der Waals surface area contributed by atoms with Crippen molar-refractivity contribution in [3.05, 3.63) is 54.1 Å². The number of benzene rings is 1. The first-order valence-electron chi connectivity index (χ1n) is 8.72. The minimum atomic E-state index is -0.213. The van der Waals surface area contributed by atoms with Gasteiger partial charge in [-0.25, -0.2) is 9.37 Å². The first kappa shape index (κ1) is 17.8. The standard InChI is InChI=1S/C19H23FN6/c1-3-26-12-15(11-22-26)17-10-18(25-19(21)24-17)23-13(2)4-5-14-6-8-16(20)9-7-14/h6-13H,3-5H2,1-2H3,(H3,21,23,24,25). The number of halogens is 1. The number of aryl methyl sites for hydroxylation is 2. The summed E-state index contributed by atoms with van der Waals surface area (Å²) in [4.78, 5) is 8.57. The van der Waals surface area contributed by atoms with E-state index in [1.165, 1.54) is 12.1 Å². The Bertz CT molecular complexity index is 859. The van der Waals surface area contributed by atoms with E-state index >= 15 is 0 Å². The number of aromatic nitrogens is 4. The maximum atomic E-state index is 13.0. The molecule has 2 heterocycles. The molecule has 0 bridgehead atoms. The Morgan fingerprint density at radius 3 is 2.69 bits per heavy atom. The average molecular weight is 354 g/mol. The fraction of sp³-hybridized carbons (Fsp3) is 0.316. The third-order valence-electron chi connectivity index (χ3n) is 4.17. The van der Waals surface area contributed by atoms with Crippen molar-refractivity contribution in [2.24, 2.45) is 0 Å². The molecule has 0 aliphatic carbocycles. The van der Waals surface area contributed by atoms with Crippen LogP contribution in [0.25, 0.3) is 11.3 Å². The van der Waals surface area contributed by atoms with Crippen LogP contribution in [0.5, 0.6) is 0 Å². The van der Waals surface area contributed by atoms with Gasteiger partial charge >= 0.3 is 0 Å². The zero-order chi connectivity index (χ0) is 18.5. The summed E-state index contributed by atoms with van der Waals surface area (Å²) in [5.74, 6) is 0.693. The highest BCUT2D eigenvalue weighted by Crippen LogP contribution is 2.21. The van der Waals surface area contributed by atoms with E-state index in [9.17, 15) is 4.39 Å². The molecule has 0 radical (unpaired) electrons. The third kappa shape index (κ3) is 4.56. The molecule has 136 valence electrons. The minimum Gasteiger partial charge on any atom is -0.368 e. The fourth-order valence-electron chi connectivity index (χ4n) is 2.72. The SMILES string of the molecule is CCn1cc(-c2cc(NC(C)CCc3ccc(F)cc3)nc(N)n2)cn1. The van der Waals surface area contributed by atoms with Crippen LogP contribution in [-0.4, -0.2) is 25.8 Å². The highest BCUT2D eigenvalue weighted by Gasteiger charge is 2.10. The van der Waals surface area contributed by atoms with Gasteiger partial charge < -0.3 is 11.1 Å². The normalized spacial score (nSPS) is 12.1. The van der Waals surface area contributed by atoms with Crippen molar-refractivity contribution >= 4 is 11.8 Å². The van der Waals surface area contributed by atoms with E-state index in [4.69, 9.17) is 5.73 Å². The lowest BCUT2D eigenvalue weighted by molar-refractivity contribution is 0.626. The molecule has 0 aliphatic heterocycles. The predicted octanol–water partition coefficient (Wildman–Crippen LogP) is 3.51. The van der Waals surface area contributed by atoms with Crippen LogP contribution in [0.1, 0.15) is 25.8 Å². The van der Waals surface area contributed by atoms with Crippen molar-refractivity contribution in [3.8, 4) is 11.3 Å². The molecule has 3 N–H and O–H groups in total. The average Bonchev–Trinajstić information content (AvgIpc) is 3.10. The Labute approximate surface area is 152 Å². The quantitative estimate of drug-likeness (QED) is 0.678. The molecule has 0 fully saturated rings. The first-order chi connectivity index (χ1) is 12.5. The van der Waals surface area contributed by atoms with Crippen LogP contribution in [0.3, 0.4) is 0 Å². The molecule has 0 spiro atoms. The van der Waals surface area contributed by atoms with Gasteiger partial charge in [0.15, 0.2) is 0 Å². The highest BCUT2D eigenvalue weighted by molar-refractivity contribution is 5.62. The van der Waals surface area contributed by atoms with E-state index in [1.807, 2.05) is 36.0 Å². The van der Waals surface area contributed by atoms with Gasteiger partial charge in [-0.3, -0.25) is 4.68 Å². The maximum Gasteiger partial charge on any atom is 0.222 e. The lowest BCUT2D eigenvalue weighted by Crippen LogP contribution is -2.17. The number of nitrogen functional groups attached to an aromatic ring is 1. The van der Waals surface area contributed by atoms with Crippen LogP contribution in [0.2, 0.25) is 0 Å². The summed E-state index contributed by atoms with van der Waals surface area (Å²) in [5, 5.41) is 7.63. The van der Waals surface area contributed by atoms with E-state index in [-0.39, 0.29) is 17.8 Å². The molecule has 6 nitrogen and oxygen atoms in total. The predicted molar refractivity (Wildman–Crippen MR) is 101 cm³/mol. The molecule has 3 aromatic rings. The van der Waals surface area contributed by atoms with Crippen LogP contribution in [0.15, 0.2) is 42.7 Å². The number of hydrogen-bond donors (Lipinski definition) is 2. The highest BCUT2D eigenvalue weighted by atomic mass is 19.1. The zero-order valence-electron chi connectivity index (χ0n) is 15.0. The summed E-state index contributed by atoms with van der Waals surface area (Å²) in [6, 6.07) is 8.66. The van der Waals surface area contributed by atoms with Crippen molar-refractivity contribution in [2.45, 2.75) is 39.3 Å². The molecule has 1 unspecified atom stereocenters. The fourth-order valence-corrected chi connectivity index (χ4v) is 2.72. The molecule has 7 heteroatoms. The Kier molecular flexibility index (Phi) is 5.46. The molecule has 0 aliphatic rings. The van der Waals surface area contributed by atoms with E-state index in [0.717, 1.165) is 36.2 Å². The molecule has 3 rings (SSSR count). The van der Waals surface area contributed by atoms with Gasteiger partial charge in [-0.05, 0) is 44.4 Å². The first-order valence-corrected chi connectivity index (χ1v) is 8.72. The molecule has 0 amide bonds. The monoisotopic (exact) mass is 354 g/mol. The van der Waals surface area contributed by atoms with Crippen LogP contribution in [0.4, 0.5) is 16.2 Å². The molecule has 2 aromatic heterocycles. The topological polar surface area (TPSA) is 81.7 Å². The minimum absolute atomic E-state index is 0.181. The largest absolute Gasteiger partial charge is 0.368 e. The molecule has 1 atom stereocenters. The molecule has 1 aromatic carbocycles. The molecule has 0 saturated heterocycles. The third-order valence-corrected chi connectivity index (χ3v) is 4.17. The lowest BCUT2D eigenvalue weighted by atomic mass is 10.1.